The SMILES string of the molecule is Cc1cc(-c2cc(Cl)ccc2OCCn2c(C)nc3c(c2=O)CN(CC(F)(F)F)CC3)c2scc(C(=O)O)c2n1. The van der Waals surface area contributed by atoms with E-state index in [2.05, 4.69) is 9.97 Å². The molecule has 8 nitrogen and oxygen atoms in total. The second-order valence-corrected chi connectivity index (χ2v) is 10.9. The molecule has 5 rings (SSSR count). The van der Waals surface area contributed by atoms with Gasteiger partial charge in [-0.25, -0.2) is 9.78 Å². The van der Waals surface area contributed by atoms with Crippen LogP contribution in [-0.2, 0) is 19.5 Å². The highest BCUT2D eigenvalue weighted by atomic mass is 35.5. The van der Waals surface area contributed by atoms with Crippen LogP contribution in [0.2, 0.25) is 5.02 Å². The Kier molecular flexibility index (Phi) is 7.60. The minimum atomic E-state index is -4.35. The molecule has 0 unspecified atom stereocenters. The highest BCUT2D eigenvalue weighted by molar-refractivity contribution is 7.18. The van der Waals surface area contributed by atoms with Gasteiger partial charge in [-0.2, -0.15) is 13.2 Å². The van der Waals surface area contributed by atoms with Crippen LogP contribution < -0.4 is 10.3 Å². The molecule has 4 aromatic rings. The van der Waals surface area contributed by atoms with Gasteiger partial charge in [-0.15, -0.1) is 11.3 Å². The Morgan fingerprint density at radius 1 is 1.20 bits per heavy atom. The van der Waals surface area contributed by atoms with Crippen molar-refractivity contribution in [3.05, 3.63) is 73.4 Å². The summed E-state index contributed by atoms with van der Waals surface area (Å²) in [5.74, 6) is -0.146. The zero-order valence-electron chi connectivity index (χ0n) is 21.5. The minimum Gasteiger partial charge on any atom is -0.491 e. The van der Waals surface area contributed by atoms with Gasteiger partial charge in [0.2, 0.25) is 0 Å². The molecule has 1 N–H and O–H groups in total. The molecule has 3 aromatic heterocycles. The fraction of sp³-hybridized carbons (Fsp3) is 0.333. The van der Waals surface area contributed by atoms with Gasteiger partial charge < -0.3 is 9.84 Å². The van der Waals surface area contributed by atoms with Gasteiger partial charge in [-0.1, -0.05) is 11.6 Å². The van der Waals surface area contributed by atoms with Crippen molar-refractivity contribution < 1.29 is 27.8 Å². The number of nitrogens with zero attached hydrogens (tertiary/aromatic N) is 4. The largest absolute Gasteiger partial charge is 0.491 e. The van der Waals surface area contributed by atoms with Gasteiger partial charge in [0.25, 0.3) is 5.56 Å². The van der Waals surface area contributed by atoms with Gasteiger partial charge in [0, 0.05) is 46.7 Å². The summed E-state index contributed by atoms with van der Waals surface area (Å²) < 4.78 is 46.9. The lowest BCUT2D eigenvalue weighted by Crippen LogP contribution is -2.42. The maximum Gasteiger partial charge on any atom is 0.401 e. The number of rotatable bonds is 7. The molecule has 13 heteroatoms. The second kappa shape index (κ2) is 10.8. The van der Waals surface area contributed by atoms with Crippen molar-refractivity contribution in [2.45, 2.75) is 39.5 Å². The number of aryl methyl sites for hydroxylation is 2. The first-order valence-corrected chi connectivity index (χ1v) is 13.6. The topological polar surface area (TPSA) is 97.6 Å². The highest BCUT2D eigenvalue weighted by Gasteiger charge is 2.33. The predicted octanol–water partition coefficient (Wildman–Crippen LogP) is 5.49. The molecular weight excluding hydrogens is 569 g/mol. The van der Waals surface area contributed by atoms with Crippen LogP contribution in [0, 0.1) is 13.8 Å². The number of carboxylic acids is 1. The molecule has 0 amide bonds. The van der Waals surface area contributed by atoms with Gasteiger partial charge in [-0.3, -0.25) is 19.2 Å². The van der Waals surface area contributed by atoms with Crippen molar-refractivity contribution >= 4 is 39.1 Å². The number of ether oxygens (including phenoxy) is 1. The smallest absolute Gasteiger partial charge is 0.401 e. The van der Waals surface area contributed by atoms with E-state index in [0.717, 1.165) is 0 Å². The number of aromatic carboxylic acids is 1. The molecular formula is C27H24ClF3N4O4S. The lowest BCUT2D eigenvalue weighted by Gasteiger charge is -2.29. The number of benzene rings is 1. The Morgan fingerprint density at radius 2 is 1.98 bits per heavy atom. The molecule has 0 bridgehead atoms. The number of carboxylic acid groups (broad SMARTS) is 1. The van der Waals surface area contributed by atoms with E-state index < -0.39 is 18.7 Å². The summed E-state index contributed by atoms with van der Waals surface area (Å²) in [6.45, 7) is 2.64. The number of aromatic nitrogens is 3. The Bertz CT molecular complexity index is 1690. The normalized spacial score (nSPS) is 13.9. The van der Waals surface area contributed by atoms with Crippen molar-refractivity contribution in [1.82, 2.24) is 19.4 Å². The third kappa shape index (κ3) is 5.70. The monoisotopic (exact) mass is 592 g/mol. The van der Waals surface area contributed by atoms with Gasteiger partial charge >= 0.3 is 12.1 Å². The number of alkyl halides is 3. The highest BCUT2D eigenvalue weighted by Crippen LogP contribution is 2.40. The van der Waals surface area contributed by atoms with E-state index in [-0.39, 0.29) is 49.3 Å². The average Bonchev–Trinajstić information content (AvgIpc) is 3.30. The Balaban J connectivity index is 1.42. The third-order valence-electron chi connectivity index (χ3n) is 6.67. The quantitative estimate of drug-likeness (QED) is 0.303. The molecule has 0 fully saturated rings. The van der Waals surface area contributed by atoms with Gasteiger partial charge in [0.1, 0.15) is 18.2 Å². The Morgan fingerprint density at radius 3 is 2.70 bits per heavy atom. The van der Waals surface area contributed by atoms with Gasteiger partial charge in [-0.05, 0) is 38.1 Å². The molecule has 0 atom stereocenters. The summed E-state index contributed by atoms with van der Waals surface area (Å²) in [4.78, 5) is 35.1. The van der Waals surface area contributed by atoms with E-state index in [4.69, 9.17) is 16.3 Å². The number of thiophene rings is 1. The third-order valence-corrected chi connectivity index (χ3v) is 7.91. The number of fused-ring (bicyclic) bond motifs is 2. The fourth-order valence-electron chi connectivity index (χ4n) is 4.91. The number of pyridine rings is 1. The maximum atomic E-state index is 13.3. The summed E-state index contributed by atoms with van der Waals surface area (Å²) in [6.07, 6.45) is -4.07. The van der Waals surface area contributed by atoms with E-state index in [1.54, 1.807) is 37.4 Å². The van der Waals surface area contributed by atoms with Crippen molar-refractivity contribution in [2.24, 2.45) is 0 Å². The van der Waals surface area contributed by atoms with Crippen LogP contribution in [0.1, 0.15) is 33.1 Å². The van der Waals surface area contributed by atoms with Crippen LogP contribution in [0.25, 0.3) is 21.3 Å². The first-order valence-electron chi connectivity index (χ1n) is 12.3. The number of halogens is 4. The standard InChI is InChI=1S/C27H24ClF3N4O4S/c1-14-9-18(24-23(32-14)20(12-40-24)26(37)38)17-10-16(28)3-4-22(17)39-8-7-35-15(2)33-21-5-6-34(13-27(29,30)31)11-19(21)25(35)36/h3-4,9-10,12H,5-8,11,13H2,1-2H3,(H,37,38). The average molecular weight is 593 g/mol. The molecule has 1 aliphatic heterocycles. The molecule has 0 aliphatic carbocycles. The number of hydrogen-bond acceptors (Lipinski definition) is 7. The summed E-state index contributed by atoms with van der Waals surface area (Å²) in [5, 5.41) is 11.6. The van der Waals surface area contributed by atoms with Gasteiger partial charge in [0.15, 0.2) is 0 Å². The predicted molar refractivity (Wildman–Crippen MR) is 146 cm³/mol. The Labute approximate surface area is 235 Å². The summed E-state index contributed by atoms with van der Waals surface area (Å²) in [5.41, 5.74) is 2.89. The fourth-order valence-corrected chi connectivity index (χ4v) is 6.10. The van der Waals surface area contributed by atoms with E-state index in [0.29, 0.717) is 49.3 Å². The van der Waals surface area contributed by atoms with Crippen molar-refractivity contribution in [1.29, 1.82) is 0 Å². The minimum absolute atomic E-state index is 0.0696. The van der Waals surface area contributed by atoms with Crippen molar-refractivity contribution in [3.63, 3.8) is 0 Å². The molecule has 0 saturated carbocycles. The first kappa shape index (κ1) is 28.1. The summed E-state index contributed by atoms with van der Waals surface area (Å²) in [6, 6.07) is 6.91. The van der Waals surface area contributed by atoms with E-state index in [1.807, 2.05) is 6.07 Å². The van der Waals surface area contributed by atoms with Crippen LogP contribution in [0.15, 0.2) is 34.4 Å². The number of carbonyl (C=O) groups is 1. The van der Waals surface area contributed by atoms with E-state index in [9.17, 15) is 27.9 Å². The molecule has 210 valence electrons. The van der Waals surface area contributed by atoms with E-state index >= 15 is 0 Å². The molecule has 0 spiro atoms. The van der Waals surface area contributed by atoms with Crippen LogP contribution in [0.5, 0.6) is 5.75 Å². The zero-order chi connectivity index (χ0) is 28.8. The molecule has 1 aromatic carbocycles. The van der Waals surface area contributed by atoms with Crippen LogP contribution in [-0.4, -0.2) is 56.4 Å². The Hall–Kier alpha value is -3.48. The summed E-state index contributed by atoms with van der Waals surface area (Å²) >= 11 is 7.57. The lowest BCUT2D eigenvalue weighted by atomic mass is 10.0. The molecule has 40 heavy (non-hydrogen) atoms. The molecule has 0 radical (unpaired) electrons. The molecule has 0 saturated heterocycles. The maximum absolute atomic E-state index is 13.3. The van der Waals surface area contributed by atoms with Crippen molar-refractivity contribution in [2.75, 3.05) is 19.7 Å². The molecule has 4 heterocycles. The summed E-state index contributed by atoms with van der Waals surface area (Å²) in [7, 11) is 0. The van der Waals surface area contributed by atoms with Crippen molar-refractivity contribution in [3.8, 4) is 16.9 Å². The van der Waals surface area contributed by atoms with E-state index in [1.165, 1.54) is 20.8 Å². The number of hydrogen-bond donors (Lipinski definition) is 1. The lowest BCUT2D eigenvalue weighted by molar-refractivity contribution is -0.147. The van der Waals surface area contributed by atoms with Crippen LogP contribution >= 0.6 is 22.9 Å². The van der Waals surface area contributed by atoms with Crippen LogP contribution in [0.3, 0.4) is 0 Å². The molecule has 1 aliphatic rings. The first-order chi connectivity index (χ1) is 18.9. The van der Waals surface area contributed by atoms with Crippen LogP contribution in [0.4, 0.5) is 13.2 Å². The van der Waals surface area contributed by atoms with Gasteiger partial charge in [0.05, 0.1) is 40.1 Å². The second-order valence-electron chi connectivity index (χ2n) is 9.55. The zero-order valence-corrected chi connectivity index (χ0v) is 23.1.